The Hall–Kier alpha value is -0.920. The van der Waals surface area contributed by atoms with Crippen LogP contribution in [0.4, 0.5) is 5.82 Å². The Morgan fingerprint density at radius 2 is 2.35 bits per heavy atom. The average Bonchev–Trinajstić information content (AvgIpc) is 2.71. The maximum atomic E-state index is 11.6. The Morgan fingerprint density at radius 3 is 3.00 bits per heavy atom. The molecule has 2 unspecified atom stereocenters. The molecule has 1 aliphatic rings. The molecule has 0 amide bonds. The van der Waals surface area contributed by atoms with Crippen molar-refractivity contribution in [3.05, 3.63) is 16.1 Å². The van der Waals surface area contributed by atoms with Gasteiger partial charge in [0.1, 0.15) is 12.1 Å². The van der Waals surface area contributed by atoms with E-state index < -0.39 is 0 Å². The molecule has 2 atom stereocenters. The van der Waals surface area contributed by atoms with Gasteiger partial charge < -0.3 is 9.64 Å². The third kappa shape index (κ3) is 2.51. The van der Waals surface area contributed by atoms with Crippen LogP contribution in [0.15, 0.2) is 12.5 Å². The number of methoxy groups -OCH3 is 1. The van der Waals surface area contributed by atoms with Crippen molar-refractivity contribution in [1.29, 1.82) is 0 Å². The van der Waals surface area contributed by atoms with Gasteiger partial charge in [-0.3, -0.25) is 4.79 Å². The first kappa shape index (κ1) is 12.5. The Labute approximate surface area is 114 Å². The summed E-state index contributed by atoms with van der Waals surface area (Å²) >= 11 is 2.21. The van der Waals surface area contributed by atoms with Gasteiger partial charge in [-0.15, -0.1) is 0 Å². The van der Waals surface area contributed by atoms with Crippen molar-refractivity contribution in [2.24, 2.45) is 11.8 Å². The monoisotopic (exact) mass is 347 g/mol. The van der Waals surface area contributed by atoms with Crippen molar-refractivity contribution in [1.82, 2.24) is 9.97 Å². The molecule has 0 aliphatic carbocycles. The number of carbonyl (C=O) groups excluding carboxylic acids is 1. The molecule has 1 fully saturated rings. The molecule has 6 heteroatoms. The molecule has 2 rings (SSSR count). The van der Waals surface area contributed by atoms with Gasteiger partial charge in [-0.1, -0.05) is 6.92 Å². The zero-order chi connectivity index (χ0) is 12.4. The second kappa shape index (κ2) is 5.16. The van der Waals surface area contributed by atoms with E-state index in [-0.39, 0.29) is 17.8 Å². The number of anilines is 1. The molecule has 0 spiro atoms. The largest absolute Gasteiger partial charge is 0.469 e. The van der Waals surface area contributed by atoms with Crippen molar-refractivity contribution in [2.45, 2.75) is 6.92 Å². The number of hydrogen-bond acceptors (Lipinski definition) is 5. The standard InChI is InChI=1S/C11H14IN3O2/c1-7-4-15(5-8(7)11(16)17-2)10-9(12)3-13-6-14-10/h3,6-8H,4-5H2,1-2H3. The van der Waals surface area contributed by atoms with E-state index in [0.717, 1.165) is 15.9 Å². The lowest BCUT2D eigenvalue weighted by Crippen LogP contribution is -2.25. The minimum atomic E-state index is -0.135. The summed E-state index contributed by atoms with van der Waals surface area (Å²) in [6.07, 6.45) is 3.31. The summed E-state index contributed by atoms with van der Waals surface area (Å²) in [4.78, 5) is 22.0. The summed E-state index contributed by atoms with van der Waals surface area (Å²) in [5.74, 6) is 0.988. The molecular formula is C11H14IN3O2. The number of halogens is 1. The zero-order valence-corrected chi connectivity index (χ0v) is 11.9. The van der Waals surface area contributed by atoms with Gasteiger partial charge in [0.15, 0.2) is 0 Å². The van der Waals surface area contributed by atoms with Crippen molar-refractivity contribution >= 4 is 34.4 Å². The first-order chi connectivity index (χ1) is 8.13. The number of nitrogens with zero attached hydrogens (tertiary/aromatic N) is 3. The molecule has 0 aromatic carbocycles. The quantitative estimate of drug-likeness (QED) is 0.597. The second-order valence-electron chi connectivity index (χ2n) is 4.21. The fourth-order valence-corrected chi connectivity index (χ4v) is 2.78. The normalized spacial score (nSPS) is 23.8. The highest BCUT2D eigenvalue weighted by molar-refractivity contribution is 14.1. The van der Waals surface area contributed by atoms with Crippen molar-refractivity contribution in [2.75, 3.05) is 25.1 Å². The van der Waals surface area contributed by atoms with E-state index in [1.165, 1.54) is 13.4 Å². The van der Waals surface area contributed by atoms with E-state index in [2.05, 4.69) is 44.4 Å². The van der Waals surface area contributed by atoms with E-state index in [9.17, 15) is 4.79 Å². The predicted molar refractivity (Wildman–Crippen MR) is 71.6 cm³/mol. The van der Waals surface area contributed by atoms with E-state index >= 15 is 0 Å². The molecular weight excluding hydrogens is 333 g/mol. The summed E-state index contributed by atoms with van der Waals surface area (Å²) in [5.41, 5.74) is 0. The Bertz CT molecular complexity index is 427. The molecule has 0 N–H and O–H groups in total. The maximum Gasteiger partial charge on any atom is 0.310 e. The van der Waals surface area contributed by atoms with Gasteiger partial charge in [-0.2, -0.15) is 0 Å². The number of aromatic nitrogens is 2. The highest BCUT2D eigenvalue weighted by Gasteiger charge is 2.36. The molecule has 1 aromatic rings. The van der Waals surface area contributed by atoms with Crippen LogP contribution in [-0.2, 0) is 9.53 Å². The van der Waals surface area contributed by atoms with Gasteiger partial charge in [0.25, 0.3) is 0 Å². The van der Waals surface area contributed by atoms with E-state index in [4.69, 9.17) is 4.74 Å². The summed E-state index contributed by atoms with van der Waals surface area (Å²) in [6.45, 7) is 3.56. The highest BCUT2D eigenvalue weighted by atomic mass is 127. The van der Waals surface area contributed by atoms with Crippen LogP contribution in [-0.4, -0.2) is 36.1 Å². The van der Waals surface area contributed by atoms with Crippen molar-refractivity contribution < 1.29 is 9.53 Å². The summed E-state index contributed by atoms with van der Waals surface area (Å²) in [7, 11) is 1.44. The summed E-state index contributed by atoms with van der Waals surface area (Å²) < 4.78 is 5.82. The third-order valence-electron chi connectivity index (χ3n) is 3.06. The van der Waals surface area contributed by atoms with Gasteiger partial charge in [-0.25, -0.2) is 9.97 Å². The molecule has 1 aliphatic heterocycles. The van der Waals surface area contributed by atoms with E-state index in [1.807, 2.05) is 0 Å². The SMILES string of the molecule is COC(=O)C1CN(c2ncncc2I)CC1C. The van der Waals surface area contributed by atoms with Crippen LogP contribution in [0.3, 0.4) is 0 Å². The van der Waals surface area contributed by atoms with Crippen LogP contribution < -0.4 is 4.90 Å². The lowest BCUT2D eigenvalue weighted by atomic mass is 9.99. The molecule has 92 valence electrons. The van der Waals surface area contributed by atoms with Crippen LogP contribution in [0.1, 0.15) is 6.92 Å². The minimum absolute atomic E-state index is 0.0641. The molecule has 1 aromatic heterocycles. The smallest absolute Gasteiger partial charge is 0.310 e. The Kier molecular flexibility index (Phi) is 3.80. The fourth-order valence-electron chi connectivity index (χ4n) is 2.14. The van der Waals surface area contributed by atoms with E-state index in [1.54, 1.807) is 6.20 Å². The first-order valence-electron chi connectivity index (χ1n) is 5.41. The summed E-state index contributed by atoms with van der Waals surface area (Å²) in [6, 6.07) is 0. The number of carbonyl (C=O) groups is 1. The topological polar surface area (TPSA) is 55.3 Å². The highest BCUT2D eigenvalue weighted by Crippen LogP contribution is 2.29. The van der Waals surface area contributed by atoms with Crippen LogP contribution in [0, 0.1) is 15.4 Å². The average molecular weight is 347 g/mol. The molecule has 0 bridgehead atoms. The van der Waals surface area contributed by atoms with Crippen LogP contribution in [0.2, 0.25) is 0 Å². The first-order valence-corrected chi connectivity index (χ1v) is 6.49. The van der Waals surface area contributed by atoms with Gasteiger partial charge in [0.2, 0.25) is 0 Å². The minimum Gasteiger partial charge on any atom is -0.469 e. The van der Waals surface area contributed by atoms with Gasteiger partial charge in [-0.05, 0) is 28.5 Å². The Morgan fingerprint density at radius 1 is 1.59 bits per heavy atom. The van der Waals surface area contributed by atoms with Crippen molar-refractivity contribution in [3.63, 3.8) is 0 Å². The molecule has 0 radical (unpaired) electrons. The van der Waals surface area contributed by atoms with Crippen molar-refractivity contribution in [3.8, 4) is 0 Å². The predicted octanol–water partition coefficient (Wildman–Crippen LogP) is 1.33. The molecule has 1 saturated heterocycles. The van der Waals surface area contributed by atoms with Crippen LogP contribution >= 0.6 is 22.6 Å². The van der Waals surface area contributed by atoms with Crippen LogP contribution in [0.5, 0.6) is 0 Å². The fraction of sp³-hybridized carbons (Fsp3) is 0.545. The second-order valence-corrected chi connectivity index (χ2v) is 5.37. The number of hydrogen-bond donors (Lipinski definition) is 0. The lowest BCUT2D eigenvalue weighted by molar-refractivity contribution is -0.145. The van der Waals surface area contributed by atoms with Gasteiger partial charge >= 0.3 is 5.97 Å². The molecule has 5 nitrogen and oxygen atoms in total. The Balaban J connectivity index is 2.17. The number of rotatable bonds is 2. The van der Waals surface area contributed by atoms with Gasteiger partial charge in [0.05, 0.1) is 16.6 Å². The molecule has 0 saturated carbocycles. The molecule has 2 heterocycles. The zero-order valence-electron chi connectivity index (χ0n) is 9.76. The molecule has 17 heavy (non-hydrogen) atoms. The number of ether oxygens (including phenoxy) is 1. The van der Waals surface area contributed by atoms with Crippen LogP contribution in [0.25, 0.3) is 0 Å². The lowest BCUT2D eigenvalue weighted by Gasteiger charge is -2.17. The van der Waals surface area contributed by atoms with Gasteiger partial charge in [0, 0.05) is 19.3 Å². The number of esters is 1. The summed E-state index contributed by atoms with van der Waals surface area (Å²) in [5, 5.41) is 0. The maximum absolute atomic E-state index is 11.6. The third-order valence-corrected chi connectivity index (χ3v) is 3.82. The van der Waals surface area contributed by atoms with E-state index in [0.29, 0.717) is 6.54 Å².